The summed E-state index contributed by atoms with van der Waals surface area (Å²) in [6.07, 6.45) is 8.94. The number of hydrogen-bond donors (Lipinski definition) is 0. The third kappa shape index (κ3) is 12.4. The minimum atomic E-state index is -0.818. The number of quaternary nitrogens is 1. The highest BCUT2D eigenvalue weighted by molar-refractivity contribution is 6.37. The van der Waals surface area contributed by atoms with Crippen molar-refractivity contribution in [1.29, 1.82) is 0 Å². The Kier molecular flexibility index (Phi) is 12.4. The zero-order valence-electron chi connectivity index (χ0n) is 18.6. The number of benzene rings is 1. The molecule has 1 unspecified atom stereocenters. The van der Waals surface area contributed by atoms with Crippen LogP contribution in [0.5, 0.6) is 5.75 Å². The molecule has 0 spiro atoms. The Labute approximate surface area is 172 Å². The van der Waals surface area contributed by atoms with Crippen LogP contribution < -0.4 is 4.65 Å². The first kappa shape index (κ1) is 24.9. The lowest BCUT2D eigenvalue weighted by molar-refractivity contribution is -0.873. The zero-order chi connectivity index (χ0) is 20.8. The van der Waals surface area contributed by atoms with Crippen LogP contribution in [0.15, 0.2) is 24.3 Å². The number of likely N-dealkylation sites (N-methyl/N-ethyl adjacent to an activating group) is 1. The average molecular weight is 396 g/mol. The van der Waals surface area contributed by atoms with Crippen molar-refractivity contribution in [1.82, 2.24) is 0 Å². The molecule has 1 aromatic carbocycles. The summed E-state index contributed by atoms with van der Waals surface area (Å²) in [6, 6.07) is 6.13. The van der Waals surface area contributed by atoms with Gasteiger partial charge in [0.1, 0.15) is 18.1 Å². The Morgan fingerprint density at radius 3 is 2.36 bits per heavy atom. The van der Waals surface area contributed by atoms with Gasteiger partial charge < -0.3 is 18.4 Å². The van der Waals surface area contributed by atoms with Crippen LogP contribution in [0.2, 0.25) is 0 Å². The number of halogens is 1. The molecule has 4 nitrogen and oxygen atoms in total. The molecular weight excluding hydrogens is 356 g/mol. The van der Waals surface area contributed by atoms with Gasteiger partial charge in [0.05, 0.1) is 27.2 Å². The number of nitrogens with zero attached hydrogens (tertiary/aromatic N) is 1. The molecule has 0 heterocycles. The molecule has 0 aliphatic carbocycles. The van der Waals surface area contributed by atoms with Crippen LogP contribution in [0.25, 0.3) is 0 Å². The molecule has 0 amide bonds. The first-order valence-corrected chi connectivity index (χ1v) is 10.8. The normalized spacial score (nSPS) is 12.8. The van der Waals surface area contributed by atoms with Crippen LogP contribution in [0, 0.1) is 5.82 Å². The summed E-state index contributed by atoms with van der Waals surface area (Å²) in [7, 11) is 5.65. The molecule has 0 aromatic heterocycles. The molecule has 160 valence electrons. The van der Waals surface area contributed by atoms with Crippen molar-refractivity contribution in [3.05, 3.63) is 30.1 Å². The van der Waals surface area contributed by atoms with Gasteiger partial charge in [0.25, 0.3) is 0 Å². The largest absolute Gasteiger partial charge is 0.713 e. The van der Waals surface area contributed by atoms with Crippen molar-refractivity contribution in [2.45, 2.75) is 71.3 Å². The highest BCUT2D eigenvalue weighted by atomic mass is 19.1. The van der Waals surface area contributed by atoms with Crippen LogP contribution in [-0.2, 0) is 9.31 Å². The predicted octanol–water partition coefficient (Wildman–Crippen LogP) is 5.46. The van der Waals surface area contributed by atoms with E-state index in [9.17, 15) is 4.39 Å². The summed E-state index contributed by atoms with van der Waals surface area (Å²) in [5.74, 6) is 0.0983. The molecule has 0 saturated heterocycles. The lowest BCUT2D eigenvalue weighted by atomic mass is 10.1. The summed E-state index contributed by atoms with van der Waals surface area (Å²) in [6.45, 7) is 5.83. The second-order valence-corrected chi connectivity index (χ2v) is 8.52. The maximum Gasteiger partial charge on any atom is 0.713 e. The number of rotatable bonds is 16. The topological polar surface area (TPSA) is 27.7 Å². The smallest absolute Gasteiger partial charge is 0.512 e. The van der Waals surface area contributed by atoms with Crippen molar-refractivity contribution in [2.75, 3.05) is 34.3 Å². The minimum Gasteiger partial charge on any atom is -0.512 e. The Morgan fingerprint density at radius 1 is 1.00 bits per heavy atom. The van der Waals surface area contributed by atoms with Crippen LogP contribution in [-0.4, -0.2) is 52.2 Å². The van der Waals surface area contributed by atoms with Gasteiger partial charge in [0.2, 0.25) is 0 Å². The van der Waals surface area contributed by atoms with Crippen LogP contribution in [0.1, 0.15) is 65.2 Å². The van der Waals surface area contributed by atoms with E-state index in [0.29, 0.717) is 12.4 Å². The quantitative estimate of drug-likeness (QED) is 0.211. The standard InChI is InChI=1S/C22H40BFNO3/c1-6-8-10-12-17-26-23(27-21-16-13-14-20(24)18-21)28-22(15-11-9-7-2)19-25(3,4)5/h13-14,16,18,22H,6-12,15,17,19H2,1-5H3/q+1. The number of unbranched alkanes of at least 4 members (excludes halogenated alkanes) is 5. The maximum atomic E-state index is 13.5. The van der Waals surface area contributed by atoms with Gasteiger partial charge in [-0.3, -0.25) is 0 Å². The Balaban J connectivity index is 2.73. The zero-order valence-corrected chi connectivity index (χ0v) is 18.6. The Bertz CT molecular complexity index is 525. The second kappa shape index (κ2) is 14.0. The lowest BCUT2D eigenvalue weighted by Crippen LogP contribution is -2.46. The van der Waals surface area contributed by atoms with Gasteiger partial charge in [0.15, 0.2) is 0 Å². The minimum absolute atomic E-state index is 0.0285. The summed E-state index contributed by atoms with van der Waals surface area (Å²) in [5, 5.41) is 0. The van der Waals surface area contributed by atoms with E-state index in [1.165, 1.54) is 37.8 Å². The molecule has 1 rings (SSSR count). The second-order valence-electron chi connectivity index (χ2n) is 8.52. The van der Waals surface area contributed by atoms with E-state index >= 15 is 0 Å². The molecular formula is C22H40BFNO3+. The molecule has 28 heavy (non-hydrogen) atoms. The lowest BCUT2D eigenvalue weighted by Gasteiger charge is -2.30. The molecule has 1 atom stereocenters. The van der Waals surface area contributed by atoms with Crippen molar-refractivity contribution in [3.63, 3.8) is 0 Å². The Morgan fingerprint density at radius 2 is 1.71 bits per heavy atom. The van der Waals surface area contributed by atoms with Gasteiger partial charge in [-0.05, 0) is 25.0 Å². The van der Waals surface area contributed by atoms with Crippen LogP contribution in [0.4, 0.5) is 4.39 Å². The van der Waals surface area contributed by atoms with Gasteiger partial charge in [-0.15, -0.1) is 0 Å². The van der Waals surface area contributed by atoms with E-state index in [-0.39, 0.29) is 11.9 Å². The van der Waals surface area contributed by atoms with Crippen LogP contribution >= 0.6 is 0 Å². The van der Waals surface area contributed by atoms with Gasteiger partial charge in [-0.25, -0.2) is 4.39 Å². The average Bonchev–Trinajstić information content (AvgIpc) is 2.60. The summed E-state index contributed by atoms with van der Waals surface area (Å²) < 4.78 is 32.4. The van der Waals surface area contributed by atoms with Crippen molar-refractivity contribution in [3.8, 4) is 5.75 Å². The fourth-order valence-electron chi connectivity index (χ4n) is 3.05. The summed E-state index contributed by atoms with van der Waals surface area (Å²) in [5.41, 5.74) is 0. The van der Waals surface area contributed by atoms with E-state index in [1.54, 1.807) is 12.1 Å². The Hall–Kier alpha value is -1.11. The van der Waals surface area contributed by atoms with Gasteiger partial charge in [-0.2, -0.15) is 0 Å². The van der Waals surface area contributed by atoms with E-state index in [0.717, 1.165) is 36.7 Å². The van der Waals surface area contributed by atoms with Crippen molar-refractivity contribution >= 4 is 7.32 Å². The molecule has 0 N–H and O–H groups in total. The van der Waals surface area contributed by atoms with Gasteiger partial charge in [0, 0.05) is 12.7 Å². The predicted molar refractivity (Wildman–Crippen MR) is 115 cm³/mol. The molecule has 0 fully saturated rings. The molecule has 1 aromatic rings. The molecule has 0 aliphatic rings. The SMILES string of the molecule is CCCCCCOB(Oc1cccc(F)c1)OC(CCCCC)C[N+](C)(C)C. The molecule has 0 radical (unpaired) electrons. The molecule has 6 heteroatoms. The van der Waals surface area contributed by atoms with Crippen molar-refractivity contribution < 1.29 is 22.8 Å². The highest BCUT2D eigenvalue weighted by Crippen LogP contribution is 2.17. The maximum absolute atomic E-state index is 13.5. The third-order valence-electron chi connectivity index (χ3n) is 4.46. The van der Waals surface area contributed by atoms with Crippen LogP contribution in [0.3, 0.4) is 0 Å². The molecule has 0 saturated carbocycles. The molecule has 0 aliphatic heterocycles. The number of hydrogen-bond acceptors (Lipinski definition) is 3. The fourth-order valence-corrected chi connectivity index (χ4v) is 3.05. The summed E-state index contributed by atoms with van der Waals surface area (Å²) in [4.78, 5) is 0. The first-order valence-electron chi connectivity index (χ1n) is 10.8. The van der Waals surface area contributed by atoms with E-state index in [1.807, 2.05) is 0 Å². The van der Waals surface area contributed by atoms with Gasteiger partial charge in [-0.1, -0.05) is 58.4 Å². The highest BCUT2D eigenvalue weighted by Gasteiger charge is 2.31. The monoisotopic (exact) mass is 396 g/mol. The summed E-state index contributed by atoms with van der Waals surface area (Å²) >= 11 is 0. The third-order valence-corrected chi connectivity index (χ3v) is 4.46. The van der Waals surface area contributed by atoms with E-state index in [4.69, 9.17) is 14.0 Å². The van der Waals surface area contributed by atoms with E-state index < -0.39 is 7.32 Å². The molecule has 0 bridgehead atoms. The fraction of sp³-hybridized carbons (Fsp3) is 0.727. The van der Waals surface area contributed by atoms with E-state index in [2.05, 4.69) is 35.0 Å². The first-order chi connectivity index (χ1) is 13.3. The van der Waals surface area contributed by atoms with Crippen molar-refractivity contribution in [2.24, 2.45) is 0 Å². The van der Waals surface area contributed by atoms with Gasteiger partial charge >= 0.3 is 7.32 Å².